The lowest BCUT2D eigenvalue weighted by Crippen LogP contribution is -2.62. The van der Waals surface area contributed by atoms with Gasteiger partial charge in [-0.3, -0.25) is 14.4 Å². The number of hydrogen-bond donors (Lipinski definition) is 4. The highest BCUT2D eigenvalue weighted by Crippen LogP contribution is 2.61. The fourth-order valence-corrected chi connectivity index (χ4v) is 10.6. The molecule has 1 saturated heterocycles. The number of hydrogen-bond acceptors (Lipinski definition) is 11. The molecule has 2 amide bonds. The van der Waals surface area contributed by atoms with Crippen LogP contribution in [0, 0.1) is 29.1 Å². The van der Waals surface area contributed by atoms with Gasteiger partial charge in [-0.1, -0.05) is 39.0 Å². The van der Waals surface area contributed by atoms with E-state index in [0.29, 0.717) is 52.3 Å². The Kier molecular flexibility index (Phi) is 13.5. The van der Waals surface area contributed by atoms with Gasteiger partial charge in [0.2, 0.25) is 5.91 Å². The van der Waals surface area contributed by atoms with Gasteiger partial charge in [-0.2, -0.15) is 5.06 Å². The smallest absolute Gasteiger partial charge is 0.251 e. The predicted molar refractivity (Wildman–Crippen MR) is 224 cm³/mol. The summed E-state index contributed by atoms with van der Waals surface area (Å²) in [6, 6.07) is 9.61. The minimum absolute atomic E-state index is 0.00763. The van der Waals surface area contributed by atoms with Crippen LogP contribution in [0.15, 0.2) is 36.4 Å². The Morgan fingerprint density at radius 3 is 2.33 bits per heavy atom. The molecular formula is C43H67N5O8S. The van der Waals surface area contributed by atoms with Crippen molar-refractivity contribution < 1.29 is 37.8 Å². The number of sulfone groups is 1. The third-order valence-electron chi connectivity index (χ3n) is 13.0. The van der Waals surface area contributed by atoms with Crippen molar-refractivity contribution in [2.45, 2.75) is 103 Å². The van der Waals surface area contributed by atoms with Crippen molar-refractivity contribution in [1.82, 2.24) is 20.6 Å². The average molecular weight is 814 g/mol. The van der Waals surface area contributed by atoms with E-state index in [-0.39, 0.29) is 36.3 Å². The molecule has 2 bridgehead atoms. The van der Waals surface area contributed by atoms with Crippen LogP contribution in [-0.4, -0.2) is 130 Å². The Balaban J connectivity index is 1.46. The lowest BCUT2D eigenvalue weighted by Gasteiger charge is -2.62. The minimum Gasteiger partial charge on any atom is -0.496 e. The summed E-state index contributed by atoms with van der Waals surface area (Å²) in [5.74, 6) is 0.365. The van der Waals surface area contributed by atoms with Gasteiger partial charge in [0.1, 0.15) is 17.9 Å². The number of benzene rings is 2. The van der Waals surface area contributed by atoms with Gasteiger partial charge in [-0.05, 0) is 102 Å². The second-order valence-corrected chi connectivity index (χ2v) is 21.5. The molecular weight excluding hydrogens is 747 g/mol. The first-order valence-corrected chi connectivity index (χ1v) is 21.8. The number of fused-ring (bicyclic) bond motifs is 2. The third kappa shape index (κ3) is 9.31. The topological polar surface area (TPSA) is 161 Å². The molecule has 0 radical (unpaired) electrons. The Labute approximate surface area is 340 Å². The number of aliphatic hydroxyl groups is 2. The number of ether oxygens (including phenoxy) is 1. The van der Waals surface area contributed by atoms with Crippen LogP contribution in [0.25, 0.3) is 11.1 Å². The van der Waals surface area contributed by atoms with Gasteiger partial charge in [-0.25, -0.2) is 8.42 Å². The van der Waals surface area contributed by atoms with Crippen LogP contribution < -0.4 is 20.3 Å². The predicted octanol–water partition coefficient (Wildman–Crippen LogP) is 3.96. The van der Waals surface area contributed by atoms with Crippen molar-refractivity contribution in [2.24, 2.45) is 29.1 Å². The fraction of sp³-hybridized carbons (Fsp3) is 0.674. The number of carbonyl (C=O) groups excluding carboxylic acids is 2. The maximum Gasteiger partial charge on any atom is 0.251 e. The number of methoxy groups -OCH3 is 1. The Morgan fingerprint density at radius 1 is 1.11 bits per heavy atom. The highest BCUT2D eigenvalue weighted by atomic mass is 32.2. The molecule has 0 unspecified atom stereocenters. The monoisotopic (exact) mass is 813 g/mol. The lowest BCUT2D eigenvalue weighted by atomic mass is 9.45. The molecule has 4 aliphatic rings. The molecule has 1 heterocycles. The molecule has 0 spiro atoms. The van der Waals surface area contributed by atoms with Crippen molar-refractivity contribution in [3.63, 3.8) is 0 Å². The first-order chi connectivity index (χ1) is 26.5. The summed E-state index contributed by atoms with van der Waals surface area (Å²) in [4.78, 5) is 38.3. The molecule has 57 heavy (non-hydrogen) atoms. The number of aliphatic hydroxyl groups excluding tert-OH is 2. The number of nitrogens with one attached hydrogen (secondary N) is 2. The largest absolute Gasteiger partial charge is 0.496 e. The molecule has 4 N–H and O–H groups in total. The van der Waals surface area contributed by atoms with E-state index >= 15 is 0 Å². The van der Waals surface area contributed by atoms with E-state index in [9.17, 15) is 28.2 Å². The number of hydroxylamine groups is 2. The SMILES string of the molecule is COc1c(CN2O[C@@H](CO)[C@@H]([C@H](C)O)[C@H]2C(=O)N[C@H]2C[C@@H]3C[C@H]([C@@H]2C)C3(C)C)cccc1-c1cc(C(=O)N[C@@H](CN(C)C)CS(=O)(=O)C(C)(C)C)cc(N(C)C)c1. The number of nitrogens with zero attached hydrogens (tertiary/aromatic N) is 3. The van der Waals surface area contributed by atoms with Crippen molar-refractivity contribution in [3.8, 4) is 16.9 Å². The molecule has 1 aliphatic heterocycles. The van der Waals surface area contributed by atoms with Gasteiger partial charge in [0.25, 0.3) is 5.91 Å². The molecule has 6 rings (SSSR count). The third-order valence-corrected chi connectivity index (χ3v) is 15.7. The molecule has 3 saturated carbocycles. The van der Waals surface area contributed by atoms with Crippen LogP contribution in [0.2, 0.25) is 0 Å². The average Bonchev–Trinajstić information content (AvgIpc) is 3.49. The lowest BCUT2D eigenvalue weighted by molar-refractivity contribution is -0.183. The summed E-state index contributed by atoms with van der Waals surface area (Å²) in [5, 5.41) is 29.2. The van der Waals surface area contributed by atoms with Crippen LogP contribution in [0.4, 0.5) is 5.69 Å². The number of amides is 2. The summed E-state index contributed by atoms with van der Waals surface area (Å²) in [7, 11) is 5.46. The van der Waals surface area contributed by atoms with Gasteiger partial charge in [0, 0.05) is 55.0 Å². The first kappa shape index (κ1) is 44.8. The number of rotatable bonds is 15. The zero-order valence-electron chi connectivity index (χ0n) is 36.0. The fourth-order valence-electron chi connectivity index (χ4n) is 9.35. The molecule has 2 aromatic carbocycles. The van der Waals surface area contributed by atoms with Crippen LogP contribution >= 0.6 is 0 Å². The summed E-state index contributed by atoms with van der Waals surface area (Å²) in [6.07, 6.45) is 0.358. The van der Waals surface area contributed by atoms with Crippen LogP contribution in [-0.2, 0) is 26.0 Å². The van der Waals surface area contributed by atoms with E-state index in [1.54, 1.807) is 52.0 Å². The van der Waals surface area contributed by atoms with E-state index in [0.717, 1.165) is 12.1 Å². The van der Waals surface area contributed by atoms with Gasteiger partial charge >= 0.3 is 0 Å². The van der Waals surface area contributed by atoms with Gasteiger partial charge in [0.05, 0.1) is 42.9 Å². The summed E-state index contributed by atoms with van der Waals surface area (Å²) in [5.41, 5.74) is 3.44. The van der Waals surface area contributed by atoms with E-state index in [4.69, 9.17) is 9.57 Å². The van der Waals surface area contributed by atoms with Crippen molar-refractivity contribution >= 4 is 27.3 Å². The van der Waals surface area contributed by atoms with Crippen LogP contribution in [0.5, 0.6) is 5.75 Å². The molecule has 0 aromatic heterocycles. The molecule has 9 atom stereocenters. The van der Waals surface area contributed by atoms with Crippen molar-refractivity contribution in [1.29, 1.82) is 0 Å². The Morgan fingerprint density at radius 2 is 1.79 bits per heavy atom. The maximum absolute atomic E-state index is 14.3. The first-order valence-electron chi connectivity index (χ1n) is 20.2. The maximum atomic E-state index is 14.3. The van der Waals surface area contributed by atoms with Crippen molar-refractivity contribution in [3.05, 3.63) is 47.5 Å². The summed E-state index contributed by atoms with van der Waals surface area (Å²) < 4.78 is 31.5. The van der Waals surface area contributed by atoms with Crippen LogP contribution in [0.1, 0.15) is 77.2 Å². The standard InChI is InChI=1S/C43H67N5O8S/c1-25-34-19-30(43(34,6)7)20-35(25)45-41(52)38-37(26(2)50)36(23-49)56-48(38)21-27-14-13-15-33(39(27)55-12)28-16-29(18-32(17-28)47(10)11)40(51)44-31(22-46(8)9)24-57(53,54)42(3,4)5/h13-18,25-26,30-31,34-38,49-50H,19-24H2,1-12H3,(H,44,51)(H,45,52)/t25-,26-,30-,31-,34+,35-,36-,37+,38-/m0/s1. The van der Waals surface area contributed by atoms with E-state index < -0.39 is 50.7 Å². The minimum atomic E-state index is -3.54. The number of carbonyl (C=O) groups is 2. The second-order valence-electron chi connectivity index (χ2n) is 18.7. The second kappa shape index (κ2) is 17.1. The molecule has 2 aromatic rings. The quantitative estimate of drug-likeness (QED) is 0.206. The van der Waals surface area contributed by atoms with E-state index in [2.05, 4.69) is 31.4 Å². The zero-order chi connectivity index (χ0) is 42.4. The molecule has 3 aliphatic carbocycles. The number of likely N-dealkylation sites (N-methyl/N-ethyl adjacent to an activating group) is 1. The van der Waals surface area contributed by atoms with Crippen LogP contribution in [0.3, 0.4) is 0 Å². The molecule has 13 nitrogen and oxygen atoms in total. The van der Waals surface area contributed by atoms with E-state index in [1.807, 2.05) is 62.3 Å². The highest BCUT2D eigenvalue weighted by molar-refractivity contribution is 7.92. The summed E-state index contributed by atoms with van der Waals surface area (Å²) in [6.45, 7) is 13.5. The number of para-hydroxylation sites is 1. The number of anilines is 1. The zero-order valence-corrected chi connectivity index (χ0v) is 36.8. The highest BCUT2D eigenvalue weighted by Gasteiger charge is 2.57. The van der Waals surface area contributed by atoms with Crippen molar-refractivity contribution in [2.75, 3.05) is 59.1 Å². The molecule has 4 fully saturated rings. The summed E-state index contributed by atoms with van der Waals surface area (Å²) >= 11 is 0. The van der Waals surface area contributed by atoms with Gasteiger partial charge < -0.3 is 35.4 Å². The van der Waals surface area contributed by atoms with Gasteiger partial charge in [0.15, 0.2) is 9.84 Å². The van der Waals surface area contributed by atoms with E-state index in [1.165, 1.54) is 6.42 Å². The molecule has 14 heteroatoms. The van der Waals surface area contributed by atoms with Gasteiger partial charge in [-0.15, -0.1) is 0 Å². The Hall–Kier alpha value is -3.27. The molecule has 318 valence electrons. The normalized spacial score (nSPS) is 27.0. The Bertz CT molecular complexity index is 1880.